The Labute approximate surface area is 124 Å². The molecule has 3 N–H and O–H groups in total. The van der Waals surface area contributed by atoms with E-state index in [0.29, 0.717) is 0 Å². The van der Waals surface area contributed by atoms with Gasteiger partial charge in [-0.15, -0.1) is 0 Å². The average molecular weight is 286 g/mol. The second kappa shape index (κ2) is 8.19. The van der Waals surface area contributed by atoms with Crippen LogP contribution < -0.4 is 34.7 Å². The third kappa shape index (κ3) is 9.10. The van der Waals surface area contributed by atoms with Crippen molar-refractivity contribution in [2.75, 3.05) is 0 Å². The standard InChI is InChI=1S/C8H6O4.Na.H2O4S/c9-7(10)5-3-1-2-4-6(5)8(11)12;;1-5(2,3)4/h1-4H,(H,9,10)(H,11,12);;(H2,1,2,3,4)/q;+1;/p-1. The fraction of sp³-hybridized carbons (Fsp3) is 0. The summed E-state index contributed by atoms with van der Waals surface area (Å²) in [7, 11) is -4.67. The van der Waals surface area contributed by atoms with Crippen LogP contribution in [0.4, 0.5) is 0 Å². The summed E-state index contributed by atoms with van der Waals surface area (Å²) in [5.74, 6) is -2.75. The molecule has 10 heteroatoms. The Balaban J connectivity index is 0. The molecule has 0 amide bonds. The Hall–Kier alpha value is -0.970. The molecule has 8 nitrogen and oxygen atoms in total. The molecule has 0 fully saturated rings. The van der Waals surface area contributed by atoms with E-state index in [2.05, 4.69) is 0 Å². The monoisotopic (exact) mass is 286 g/mol. The maximum atomic E-state index is 10.4. The topological polar surface area (TPSA) is 152 Å². The van der Waals surface area contributed by atoms with Crippen molar-refractivity contribution in [2.45, 2.75) is 0 Å². The van der Waals surface area contributed by atoms with Crippen LogP contribution in [0.1, 0.15) is 20.7 Å². The zero-order chi connectivity index (χ0) is 13.6. The number of aromatic carboxylic acids is 2. The normalized spacial score (nSPS) is 9.44. The molecule has 0 bridgehead atoms. The fourth-order valence-electron chi connectivity index (χ4n) is 0.848. The van der Waals surface area contributed by atoms with Gasteiger partial charge in [0, 0.05) is 5.56 Å². The van der Waals surface area contributed by atoms with Crippen LogP contribution >= 0.6 is 0 Å². The number of benzene rings is 1. The minimum Gasteiger partial charge on any atom is -0.545 e. The van der Waals surface area contributed by atoms with Crippen LogP contribution in [-0.2, 0) is 10.4 Å². The van der Waals surface area contributed by atoms with Crippen molar-refractivity contribution in [2.24, 2.45) is 0 Å². The molecule has 1 rings (SSSR count). The summed E-state index contributed by atoms with van der Waals surface area (Å²) in [4.78, 5) is 20.8. The summed E-state index contributed by atoms with van der Waals surface area (Å²) < 4.78 is 31.6. The first-order valence-electron chi connectivity index (χ1n) is 3.86. The van der Waals surface area contributed by atoms with Crippen LogP contribution in [0.2, 0.25) is 0 Å². The average Bonchev–Trinajstić information content (AvgIpc) is 2.15. The number of carboxylic acids is 2. The number of rotatable bonds is 2. The second-order valence-corrected chi connectivity index (χ2v) is 3.48. The Morgan fingerprint density at radius 1 is 1.06 bits per heavy atom. The van der Waals surface area contributed by atoms with Crippen LogP contribution in [0.15, 0.2) is 24.3 Å². The van der Waals surface area contributed by atoms with E-state index in [0.717, 1.165) is 0 Å². The Morgan fingerprint density at radius 2 is 1.39 bits per heavy atom. The van der Waals surface area contributed by atoms with Gasteiger partial charge in [0.2, 0.25) is 0 Å². The molecule has 18 heavy (non-hydrogen) atoms. The van der Waals surface area contributed by atoms with Gasteiger partial charge in [-0.05, 0) is 6.07 Å². The fourth-order valence-corrected chi connectivity index (χ4v) is 0.848. The van der Waals surface area contributed by atoms with E-state index in [4.69, 9.17) is 22.6 Å². The van der Waals surface area contributed by atoms with Gasteiger partial charge in [-0.1, -0.05) is 18.2 Å². The van der Waals surface area contributed by atoms with E-state index >= 15 is 0 Å². The van der Waals surface area contributed by atoms with E-state index < -0.39 is 22.3 Å². The first-order chi connectivity index (χ1) is 7.63. The molecule has 0 heterocycles. The van der Waals surface area contributed by atoms with E-state index in [1.54, 1.807) is 0 Å². The minimum absolute atomic E-state index is 0. The molecule has 0 spiro atoms. The van der Waals surface area contributed by atoms with Gasteiger partial charge < -0.3 is 15.0 Å². The van der Waals surface area contributed by atoms with Gasteiger partial charge in [0.25, 0.3) is 0 Å². The number of carboxylic acid groups (broad SMARTS) is 2. The molecule has 1 aromatic carbocycles. The maximum Gasteiger partial charge on any atom is 1.00 e. The number of hydrogen-bond acceptors (Lipinski definition) is 5. The molecule has 0 aliphatic carbocycles. The summed E-state index contributed by atoms with van der Waals surface area (Å²) in [5, 5.41) is 18.9. The molecular formula is C8H7NaO8S. The van der Waals surface area contributed by atoms with Crippen LogP contribution in [0.25, 0.3) is 0 Å². The predicted molar refractivity (Wildman–Crippen MR) is 51.9 cm³/mol. The van der Waals surface area contributed by atoms with Crippen molar-refractivity contribution >= 4 is 22.3 Å². The first kappa shape index (κ1) is 19.4. The summed E-state index contributed by atoms with van der Waals surface area (Å²) in [6, 6.07) is 5.31. The van der Waals surface area contributed by atoms with Crippen molar-refractivity contribution in [1.29, 1.82) is 0 Å². The second-order valence-electron chi connectivity index (χ2n) is 2.59. The van der Waals surface area contributed by atoms with Crippen molar-refractivity contribution in [3.05, 3.63) is 35.4 Å². The summed E-state index contributed by atoms with van der Waals surface area (Å²) in [6.07, 6.45) is 0. The summed E-state index contributed by atoms with van der Waals surface area (Å²) in [5.41, 5.74) is -0.553. The van der Waals surface area contributed by atoms with Crippen LogP contribution in [0.3, 0.4) is 0 Å². The molecule has 0 saturated heterocycles. The summed E-state index contributed by atoms with van der Waals surface area (Å²) in [6.45, 7) is 0. The SMILES string of the molecule is O=C([O-])c1ccccc1C(=O)O.O=S(=O)(O)O.[Na+]. The molecule has 0 aliphatic rings. The Bertz CT molecular complexity index is 483. The molecular weight excluding hydrogens is 279 g/mol. The van der Waals surface area contributed by atoms with Crippen molar-refractivity contribution in [3.63, 3.8) is 0 Å². The van der Waals surface area contributed by atoms with Crippen molar-refractivity contribution in [1.82, 2.24) is 0 Å². The quantitative estimate of drug-likeness (QED) is 0.368. The maximum absolute atomic E-state index is 10.4. The molecule has 1 aromatic rings. The number of carbonyl (C=O) groups excluding carboxylic acids is 1. The van der Waals surface area contributed by atoms with Crippen LogP contribution in [-0.4, -0.2) is 34.6 Å². The van der Waals surface area contributed by atoms with Gasteiger partial charge in [0.15, 0.2) is 0 Å². The first-order valence-corrected chi connectivity index (χ1v) is 5.26. The van der Waals surface area contributed by atoms with Crippen molar-refractivity contribution < 1.29 is 66.9 Å². The van der Waals surface area contributed by atoms with E-state index in [9.17, 15) is 14.7 Å². The van der Waals surface area contributed by atoms with Gasteiger partial charge in [0.05, 0.1) is 11.5 Å². The Morgan fingerprint density at radius 3 is 1.61 bits per heavy atom. The van der Waals surface area contributed by atoms with Gasteiger partial charge in [-0.3, -0.25) is 9.11 Å². The molecule has 0 radical (unpaired) electrons. The van der Waals surface area contributed by atoms with Crippen LogP contribution in [0, 0.1) is 0 Å². The zero-order valence-electron chi connectivity index (χ0n) is 9.10. The molecule has 0 aromatic heterocycles. The summed E-state index contributed by atoms with van der Waals surface area (Å²) >= 11 is 0. The molecule has 0 saturated carbocycles. The van der Waals surface area contributed by atoms with Crippen molar-refractivity contribution in [3.8, 4) is 0 Å². The molecule has 94 valence electrons. The smallest absolute Gasteiger partial charge is 0.545 e. The van der Waals surface area contributed by atoms with Gasteiger partial charge in [-0.25, -0.2) is 4.79 Å². The third-order valence-corrected chi connectivity index (χ3v) is 1.38. The molecule has 0 aliphatic heterocycles. The molecule has 0 atom stereocenters. The third-order valence-electron chi connectivity index (χ3n) is 1.38. The number of hydrogen-bond donors (Lipinski definition) is 3. The predicted octanol–water partition coefficient (Wildman–Crippen LogP) is -3.90. The van der Waals surface area contributed by atoms with Gasteiger partial charge in [-0.2, -0.15) is 8.42 Å². The molecule has 0 unspecified atom stereocenters. The largest absolute Gasteiger partial charge is 1.00 e. The van der Waals surface area contributed by atoms with Crippen LogP contribution in [0.5, 0.6) is 0 Å². The van der Waals surface area contributed by atoms with E-state index in [-0.39, 0.29) is 40.7 Å². The van der Waals surface area contributed by atoms with E-state index in [1.165, 1.54) is 24.3 Å². The zero-order valence-corrected chi connectivity index (χ0v) is 11.9. The van der Waals surface area contributed by atoms with Gasteiger partial charge >= 0.3 is 45.9 Å². The number of carbonyl (C=O) groups is 2. The van der Waals surface area contributed by atoms with Gasteiger partial charge in [0.1, 0.15) is 0 Å². The minimum atomic E-state index is -4.67. The Kier molecular flexibility index (Phi) is 8.81. The van der Waals surface area contributed by atoms with E-state index in [1.807, 2.05) is 0 Å².